The van der Waals surface area contributed by atoms with Gasteiger partial charge in [-0.1, -0.05) is 26.0 Å². The summed E-state index contributed by atoms with van der Waals surface area (Å²) in [6.07, 6.45) is 4.83. The largest absolute Gasteiger partial charge is 0.342 e. The Labute approximate surface area is 149 Å². The van der Waals surface area contributed by atoms with Crippen LogP contribution in [-0.2, 0) is 11.2 Å². The fourth-order valence-corrected chi connectivity index (χ4v) is 3.25. The van der Waals surface area contributed by atoms with Gasteiger partial charge in [-0.3, -0.25) is 4.79 Å². The third-order valence-corrected chi connectivity index (χ3v) is 4.65. The molecule has 25 heavy (non-hydrogen) atoms. The number of nitrogens with one attached hydrogen (secondary N) is 1. The number of anilines is 2. The van der Waals surface area contributed by atoms with Crippen LogP contribution < -0.4 is 5.32 Å². The van der Waals surface area contributed by atoms with Crippen LogP contribution in [0.3, 0.4) is 0 Å². The number of hydrogen-bond donors (Lipinski definition) is 1. The second-order valence-electron chi connectivity index (χ2n) is 6.98. The minimum absolute atomic E-state index is 0.0903. The van der Waals surface area contributed by atoms with Gasteiger partial charge in [0, 0.05) is 30.9 Å². The molecule has 5 heteroatoms. The van der Waals surface area contributed by atoms with Crippen molar-refractivity contribution in [2.75, 3.05) is 18.4 Å². The number of piperidine rings is 1. The second kappa shape index (κ2) is 8.10. The molecule has 132 valence electrons. The third kappa shape index (κ3) is 4.78. The molecule has 1 amide bonds. The summed E-state index contributed by atoms with van der Waals surface area (Å²) in [7, 11) is 0. The minimum Gasteiger partial charge on any atom is -0.342 e. The van der Waals surface area contributed by atoms with Gasteiger partial charge < -0.3 is 10.2 Å². The van der Waals surface area contributed by atoms with Crippen molar-refractivity contribution in [2.24, 2.45) is 11.8 Å². The number of hydrogen-bond acceptors (Lipinski definition) is 4. The van der Waals surface area contributed by atoms with E-state index in [0.717, 1.165) is 49.7 Å². The number of rotatable bonds is 5. The predicted molar refractivity (Wildman–Crippen MR) is 99.6 cm³/mol. The maximum absolute atomic E-state index is 12.1. The summed E-state index contributed by atoms with van der Waals surface area (Å²) in [6, 6.07) is 11.8. The summed E-state index contributed by atoms with van der Waals surface area (Å²) < 4.78 is 0. The number of likely N-dealkylation sites (tertiary alicyclic amines) is 1. The monoisotopic (exact) mass is 338 g/mol. The fourth-order valence-electron chi connectivity index (χ4n) is 3.25. The number of nitrogens with zero attached hydrogens (tertiary/aromatic N) is 3. The summed E-state index contributed by atoms with van der Waals surface area (Å²) in [5.74, 6) is 2.58. The van der Waals surface area contributed by atoms with E-state index in [1.54, 1.807) is 6.20 Å². The van der Waals surface area contributed by atoms with Gasteiger partial charge in [0.2, 0.25) is 5.91 Å². The van der Waals surface area contributed by atoms with Gasteiger partial charge in [0.25, 0.3) is 0 Å². The van der Waals surface area contributed by atoms with Crippen molar-refractivity contribution in [1.29, 1.82) is 0 Å². The molecule has 0 aliphatic carbocycles. The molecule has 1 N–H and O–H groups in total. The zero-order valence-corrected chi connectivity index (χ0v) is 15.0. The molecule has 1 aliphatic heterocycles. The molecule has 3 heterocycles. The zero-order chi connectivity index (χ0) is 17.6. The Morgan fingerprint density at radius 2 is 1.92 bits per heavy atom. The van der Waals surface area contributed by atoms with Crippen LogP contribution in [-0.4, -0.2) is 33.9 Å². The molecule has 3 rings (SSSR count). The first-order chi connectivity index (χ1) is 12.1. The molecule has 0 aromatic carbocycles. The molecule has 2 aromatic rings. The first kappa shape index (κ1) is 17.4. The van der Waals surface area contributed by atoms with Gasteiger partial charge in [-0.2, -0.15) is 0 Å². The summed E-state index contributed by atoms with van der Waals surface area (Å²) in [4.78, 5) is 23.1. The van der Waals surface area contributed by atoms with Crippen LogP contribution in [0.25, 0.3) is 0 Å². The molecular weight excluding hydrogens is 312 g/mol. The first-order valence-corrected chi connectivity index (χ1v) is 9.04. The summed E-state index contributed by atoms with van der Waals surface area (Å²) in [6.45, 7) is 5.68. The lowest BCUT2D eigenvalue weighted by Gasteiger charge is -2.33. The van der Waals surface area contributed by atoms with Crippen LogP contribution in [0.5, 0.6) is 0 Å². The van der Waals surface area contributed by atoms with Gasteiger partial charge in [-0.15, -0.1) is 0 Å². The Bertz CT molecular complexity index is 694. The van der Waals surface area contributed by atoms with Crippen molar-refractivity contribution in [3.63, 3.8) is 0 Å². The molecule has 1 fully saturated rings. The Kier molecular flexibility index (Phi) is 5.64. The maximum Gasteiger partial charge on any atom is 0.225 e. The lowest BCUT2D eigenvalue weighted by molar-refractivity contribution is -0.135. The number of pyridine rings is 2. The molecule has 0 spiro atoms. The van der Waals surface area contributed by atoms with Crippen LogP contribution in [0.2, 0.25) is 0 Å². The van der Waals surface area contributed by atoms with E-state index in [9.17, 15) is 4.79 Å². The van der Waals surface area contributed by atoms with Crippen LogP contribution in [0, 0.1) is 11.8 Å². The van der Waals surface area contributed by atoms with E-state index >= 15 is 0 Å². The first-order valence-electron chi connectivity index (χ1n) is 9.04. The van der Waals surface area contributed by atoms with Gasteiger partial charge in [-0.05, 0) is 49.4 Å². The fraction of sp³-hybridized carbons (Fsp3) is 0.450. The van der Waals surface area contributed by atoms with Crippen molar-refractivity contribution in [2.45, 2.75) is 33.1 Å². The highest BCUT2D eigenvalue weighted by Gasteiger charge is 2.24. The molecule has 0 saturated carbocycles. The highest BCUT2D eigenvalue weighted by atomic mass is 16.2. The van der Waals surface area contributed by atoms with Crippen molar-refractivity contribution in [3.05, 3.63) is 48.3 Å². The SMILES string of the molecule is CC(C)C(=O)N1CCC(Cc2cccc(Nc3ccccn3)n2)CC1. The van der Waals surface area contributed by atoms with Crippen LogP contribution >= 0.6 is 0 Å². The van der Waals surface area contributed by atoms with Crippen molar-refractivity contribution in [1.82, 2.24) is 14.9 Å². The van der Waals surface area contributed by atoms with E-state index in [4.69, 9.17) is 4.98 Å². The third-order valence-electron chi connectivity index (χ3n) is 4.65. The van der Waals surface area contributed by atoms with Crippen LogP contribution in [0.15, 0.2) is 42.6 Å². The molecule has 0 radical (unpaired) electrons. The smallest absolute Gasteiger partial charge is 0.225 e. The summed E-state index contributed by atoms with van der Waals surface area (Å²) >= 11 is 0. The molecule has 1 aliphatic rings. The van der Waals surface area contributed by atoms with E-state index in [1.807, 2.05) is 49.1 Å². The van der Waals surface area contributed by atoms with Gasteiger partial charge in [0.05, 0.1) is 0 Å². The Balaban J connectivity index is 1.55. The van der Waals surface area contributed by atoms with Crippen molar-refractivity contribution < 1.29 is 4.79 Å². The van der Waals surface area contributed by atoms with Crippen LogP contribution in [0.4, 0.5) is 11.6 Å². The van der Waals surface area contributed by atoms with E-state index in [-0.39, 0.29) is 11.8 Å². The average Bonchev–Trinajstić information content (AvgIpc) is 2.63. The molecule has 0 unspecified atom stereocenters. The molecule has 5 nitrogen and oxygen atoms in total. The molecule has 0 atom stereocenters. The lowest BCUT2D eigenvalue weighted by Crippen LogP contribution is -2.41. The van der Waals surface area contributed by atoms with E-state index in [0.29, 0.717) is 5.92 Å². The Morgan fingerprint density at radius 1 is 1.16 bits per heavy atom. The number of carbonyl (C=O) groups is 1. The maximum atomic E-state index is 12.1. The quantitative estimate of drug-likeness (QED) is 0.904. The Morgan fingerprint density at radius 3 is 2.60 bits per heavy atom. The van der Waals surface area contributed by atoms with Gasteiger partial charge >= 0.3 is 0 Å². The average molecular weight is 338 g/mol. The molecular formula is C20H26N4O. The summed E-state index contributed by atoms with van der Waals surface area (Å²) in [5, 5.41) is 3.24. The van der Waals surface area contributed by atoms with Gasteiger partial charge in [-0.25, -0.2) is 9.97 Å². The van der Waals surface area contributed by atoms with Gasteiger partial charge in [0.15, 0.2) is 0 Å². The predicted octanol–water partition coefficient (Wildman–Crippen LogP) is 3.66. The van der Waals surface area contributed by atoms with Crippen molar-refractivity contribution in [3.8, 4) is 0 Å². The minimum atomic E-state index is 0.0903. The normalized spacial score (nSPS) is 15.4. The lowest BCUT2D eigenvalue weighted by atomic mass is 9.91. The second-order valence-corrected chi connectivity index (χ2v) is 6.98. The standard InChI is InChI=1S/C20H26N4O/c1-15(2)20(25)24-12-9-16(10-13-24)14-17-6-5-8-19(22-17)23-18-7-3-4-11-21-18/h3-8,11,15-16H,9-10,12-14H2,1-2H3,(H,21,22,23). The molecule has 0 bridgehead atoms. The van der Waals surface area contributed by atoms with Gasteiger partial charge in [0.1, 0.15) is 11.6 Å². The molecule has 1 saturated heterocycles. The Hall–Kier alpha value is -2.43. The molecule has 2 aromatic heterocycles. The van der Waals surface area contributed by atoms with Crippen molar-refractivity contribution >= 4 is 17.5 Å². The van der Waals surface area contributed by atoms with E-state index in [2.05, 4.69) is 16.4 Å². The van der Waals surface area contributed by atoms with Crippen LogP contribution in [0.1, 0.15) is 32.4 Å². The van der Waals surface area contributed by atoms with E-state index < -0.39 is 0 Å². The number of carbonyl (C=O) groups excluding carboxylic acids is 1. The zero-order valence-electron chi connectivity index (χ0n) is 15.0. The topological polar surface area (TPSA) is 58.1 Å². The highest BCUT2D eigenvalue weighted by Crippen LogP contribution is 2.23. The number of aromatic nitrogens is 2. The number of amides is 1. The summed E-state index contributed by atoms with van der Waals surface area (Å²) in [5.41, 5.74) is 1.09. The highest BCUT2D eigenvalue weighted by molar-refractivity contribution is 5.78. The van der Waals surface area contributed by atoms with E-state index in [1.165, 1.54) is 0 Å².